The lowest BCUT2D eigenvalue weighted by Gasteiger charge is -2.33. The van der Waals surface area contributed by atoms with Crippen LogP contribution in [0.4, 0.5) is 0 Å². The summed E-state index contributed by atoms with van der Waals surface area (Å²) >= 11 is 0. The van der Waals surface area contributed by atoms with Gasteiger partial charge in [0.25, 0.3) is 0 Å². The maximum atomic E-state index is 10.7. The number of hydrogen-bond donors (Lipinski definition) is 0. The Balaban J connectivity index is 2.16. The third kappa shape index (κ3) is 2.14. The number of carbonyl (C=O) groups excluding carboxylic acids is 1. The van der Waals surface area contributed by atoms with E-state index in [2.05, 4.69) is 19.9 Å². The predicted molar refractivity (Wildman–Crippen MR) is 67.1 cm³/mol. The van der Waals surface area contributed by atoms with Crippen molar-refractivity contribution in [3.63, 3.8) is 0 Å². The van der Waals surface area contributed by atoms with Gasteiger partial charge < -0.3 is 0 Å². The van der Waals surface area contributed by atoms with Crippen molar-refractivity contribution >= 4 is 6.29 Å². The van der Waals surface area contributed by atoms with Crippen molar-refractivity contribution in [1.29, 1.82) is 0 Å². The summed E-state index contributed by atoms with van der Waals surface area (Å²) < 4.78 is 0. The molecule has 1 heteroatoms. The van der Waals surface area contributed by atoms with Crippen molar-refractivity contribution in [1.82, 2.24) is 0 Å². The molecule has 0 unspecified atom stereocenters. The smallest absolute Gasteiger partial charge is 0.145 e. The molecule has 0 radical (unpaired) electrons. The SMILES string of the molecule is CC1=C2C[C@@H](/C=C(\C)C=O)C[C@H](C)[C@@H]2CC1. The Morgan fingerprint density at radius 2 is 2.19 bits per heavy atom. The summed E-state index contributed by atoms with van der Waals surface area (Å²) in [6, 6.07) is 0. The molecule has 2 rings (SSSR count). The second-order valence-electron chi connectivity index (χ2n) is 5.66. The highest BCUT2D eigenvalue weighted by Gasteiger charge is 2.34. The van der Waals surface area contributed by atoms with Crippen LogP contribution in [0.3, 0.4) is 0 Å². The zero-order chi connectivity index (χ0) is 11.7. The fourth-order valence-electron chi connectivity index (χ4n) is 3.52. The van der Waals surface area contributed by atoms with Crippen LogP contribution < -0.4 is 0 Å². The van der Waals surface area contributed by atoms with Gasteiger partial charge in [-0.3, -0.25) is 4.79 Å². The molecule has 0 aromatic heterocycles. The first kappa shape index (κ1) is 11.6. The van der Waals surface area contributed by atoms with E-state index < -0.39 is 0 Å². The molecule has 2 aliphatic carbocycles. The Morgan fingerprint density at radius 3 is 2.88 bits per heavy atom. The quantitative estimate of drug-likeness (QED) is 0.390. The molecule has 0 aromatic rings. The third-order valence-corrected chi connectivity index (χ3v) is 4.35. The molecule has 1 saturated carbocycles. The van der Waals surface area contributed by atoms with Crippen LogP contribution in [0, 0.1) is 17.8 Å². The first-order chi connectivity index (χ1) is 7.61. The van der Waals surface area contributed by atoms with Crippen molar-refractivity contribution in [3.8, 4) is 0 Å². The lowest BCUT2D eigenvalue weighted by atomic mass is 9.72. The molecule has 88 valence electrons. The lowest BCUT2D eigenvalue weighted by Crippen LogP contribution is -2.22. The normalized spacial score (nSPS) is 35.2. The summed E-state index contributed by atoms with van der Waals surface area (Å²) in [5.41, 5.74) is 4.23. The molecule has 0 amide bonds. The highest BCUT2D eigenvalue weighted by molar-refractivity contribution is 5.72. The van der Waals surface area contributed by atoms with E-state index in [9.17, 15) is 4.79 Å². The standard InChI is InChI=1S/C15H22O/c1-10(9-16)6-13-7-12(3)14-5-4-11(2)15(14)8-13/h6,9,12-14H,4-5,7-8H2,1-3H3/b10-6+/t12-,13-,14-/m0/s1. The molecule has 0 aromatic carbocycles. The Morgan fingerprint density at radius 1 is 1.44 bits per heavy atom. The van der Waals surface area contributed by atoms with Gasteiger partial charge in [0.1, 0.15) is 6.29 Å². The van der Waals surface area contributed by atoms with Crippen LogP contribution in [0.15, 0.2) is 22.8 Å². The van der Waals surface area contributed by atoms with E-state index >= 15 is 0 Å². The number of rotatable bonds is 2. The van der Waals surface area contributed by atoms with Gasteiger partial charge in [-0.05, 0) is 62.9 Å². The molecular weight excluding hydrogens is 196 g/mol. The van der Waals surface area contributed by atoms with Crippen molar-refractivity contribution in [3.05, 3.63) is 22.8 Å². The van der Waals surface area contributed by atoms with Gasteiger partial charge in [0.05, 0.1) is 0 Å². The zero-order valence-corrected chi connectivity index (χ0v) is 10.6. The number of aldehydes is 1. The second-order valence-corrected chi connectivity index (χ2v) is 5.66. The van der Waals surface area contributed by atoms with E-state index in [1.165, 1.54) is 25.7 Å². The topological polar surface area (TPSA) is 17.1 Å². The zero-order valence-electron chi connectivity index (χ0n) is 10.6. The molecule has 1 nitrogen and oxygen atoms in total. The van der Waals surface area contributed by atoms with Gasteiger partial charge in [-0.1, -0.05) is 24.1 Å². The van der Waals surface area contributed by atoms with Gasteiger partial charge in [0, 0.05) is 0 Å². The van der Waals surface area contributed by atoms with Crippen molar-refractivity contribution < 1.29 is 4.79 Å². The van der Waals surface area contributed by atoms with Crippen molar-refractivity contribution in [2.45, 2.75) is 46.5 Å². The summed E-state index contributed by atoms with van der Waals surface area (Å²) in [4.78, 5) is 10.7. The van der Waals surface area contributed by atoms with Gasteiger partial charge in [0.15, 0.2) is 0 Å². The van der Waals surface area contributed by atoms with Gasteiger partial charge in [-0.15, -0.1) is 0 Å². The summed E-state index contributed by atoms with van der Waals surface area (Å²) in [5.74, 6) is 2.24. The third-order valence-electron chi connectivity index (χ3n) is 4.35. The van der Waals surface area contributed by atoms with Gasteiger partial charge >= 0.3 is 0 Å². The molecule has 0 N–H and O–H groups in total. The molecule has 0 saturated heterocycles. The molecule has 3 atom stereocenters. The van der Waals surface area contributed by atoms with E-state index in [0.717, 1.165) is 23.7 Å². The van der Waals surface area contributed by atoms with Gasteiger partial charge in [-0.25, -0.2) is 0 Å². The number of fused-ring (bicyclic) bond motifs is 1. The van der Waals surface area contributed by atoms with Crippen LogP contribution >= 0.6 is 0 Å². The molecular formula is C15H22O. The second kappa shape index (κ2) is 4.57. The molecule has 16 heavy (non-hydrogen) atoms. The first-order valence-corrected chi connectivity index (χ1v) is 6.44. The predicted octanol–water partition coefficient (Wildman–Crippen LogP) is 3.90. The summed E-state index contributed by atoms with van der Waals surface area (Å²) in [7, 11) is 0. The highest BCUT2D eigenvalue weighted by atomic mass is 16.1. The van der Waals surface area contributed by atoms with E-state index in [0.29, 0.717) is 5.92 Å². The first-order valence-electron chi connectivity index (χ1n) is 6.44. The minimum atomic E-state index is 0.597. The monoisotopic (exact) mass is 218 g/mol. The highest BCUT2D eigenvalue weighted by Crippen LogP contribution is 2.47. The average Bonchev–Trinajstić information content (AvgIpc) is 2.61. The maximum absolute atomic E-state index is 10.7. The van der Waals surface area contributed by atoms with Crippen molar-refractivity contribution in [2.24, 2.45) is 17.8 Å². The van der Waals surface area contributed by atoms with Crippen LogP contribution in [0.2, 0.25) is 0 Å². The molecule has 1 fully saturated rings. The largest absolute Gasteiger partial charge is 0.298 e. The minimum Gasteiger partial charge on any atom is -0.298 e. The van der Waals surface area contributed by atoms with Gasteiger partial charge in [-0.2, -0.15) is 0 Å². The maximum Gasteiger partial charge on any atom is 0.145 e. The fraction of sp³-hybridized carbons (Fsp3) is 0.667. The van der Waals surface area contributed by atoms with Crippen LogP contribution in [0.1, 0.15) is 46.5 Å². The van der Waals surface area contributed by atoms with Gasteiger partial charge in [0.2, 0.25) is 0 Å². The van der Waals surface area contributed by atoms with Crippen LogP contribution in [0.5, 0.6) is 0 Å². The number of hydrogen-bond acceptors (Lipinski definition) is 1. The van der Waals surface area contributed by atoms with E-state index in [4.69, 9.17) is 0 Å². The summed E-state index contributed by atoms with van der Waals surface area (Å²) in [6.07, 6.45) is 8.28. The number of allylic oxidation sites excluding steroid dienone is 4. The van der Waals surface area contributed by atoms with E-state index in [1.807, 2.05) is 6.92 Å². The molecule has 0 bridgehead atoms. The van der Waals surface area contributed by atoms with Crippen LogP contribution in [-0.2, 0) is 4.79 Å². The van der Waals surface area contributed by atoms with E-state index in [1.54, 1.807) is 11.1 Å². The Bertz CT molecular complexity index is 348. The molecule has 0 spiro atoms. The molecule has 0 heterocycles. The Kier molecular flexibility index (Phi) is 3.32. The summed E-state index contributed by atoms with van der Waals surface area (Å²) in [5, 5.41) is 0. The fourth-order valence-corrected chi connectivity index (χ4v) is 3.52. The average molecular weight is 218 g/mol. The molecule has 0 aliphatic heterocycles. The van der Waals surface area contributed by atoms with Crippen LogP contribution in [0.25, 0.3) is 0 Å². The van der Waals surface area contributed by atoms with E-state index in [-0.39, 0.29) is 0 Å². The Hall–Kier alpha value is -0.850. The van der Waals surface area contributed by atoms with Crippen molar-refractivity contribution in [2.75, 3.05) is 0 Å². The lowest BCUT2D eigenvalue weighted by molar-refractivity contribution is -0.104. The van der Waals surface area contributed by atoms with Crippen LogP contribution in [-0.4, -0.2) is 6.29 Å². The minimum absolute atomic E-state index is 0.597. The summed E-state index contributed by atoms with van der Waals surface area (Å²) in [6.45, 7) is 6.58. The number of carbonyl (C=O) groups is 1. The molecule has 2 aliphatic rings. The Labute approximate surface area is 98.6 Å².